The van der Waals surface area contributed by atoms with Crippen LogP contribution in [-0.4, -0.2) is 21.1 Å². The zero-order chi connectivity index (χ0) is 20.8. The number of carbonyl (C=O) groups is 1. The van der Waals surface area contributed by atoms with E-state index in [4.69, 9.17) is 5.73 Å². The second-order valence-corrected chi connectivity index (χ2v) is 8.87. The lowest BCUT2D eigenvalue weighted by molar-refractivity contribution is -0.136. The van der Waals surface area contributed by atoms with E-state index in [2.05, 4.69) is 20.5 Å². The Balaban J connectivity index is 1.82. The summed E-state index contributed by atoms with van der Waals surface area (Å²) >= 11 is 3.29. The number of rotatable bonds is 4. The molecule has 12 heteroatoms. The van der Waals surface area contributed by atoms with Gasteiger partial charge in [0.1, 0.15) is 14.7 Å². The largest absolute Gasteiger partial charge is 0.417 e. The van der Waals surface area contributed by atoms with E-state index < -0.39 is 17.6 Å². The summed E-state index contributed by atoms with van der Waals surface area (Å²) in [6.45, 7) is 1.89. The molecule has 4 aromatic rings. The molecule has 0 aromatic carbocycles. The van der Waals surface area contributed by atoms with Gasteiger partial charge in [-0.3, -0.25) is 10.1 Å². The van der Waals surface area contributed by atoms with E-state index in [-0.39, 0.29) is 31.6 Å². The van der Waals surface area contributed by atoms with Gasteiger partial charge < -0.3 is 5.73 Å². The highest BCUT2D eigenvalue weighted by Crippen LogP contribution is 2.44. The molecule has 0 aliphatic carbocycles. The summed E-state index contributed by atoms with van der Waals surface area (Å²) < 4.78 is 41.2. The number of nitrogens with two attached hydrogens (primary N) is 1. The number of aromatic nitrogens is 3. The maximum Gasteiger partial charge on any atom is 0.417 e. The normalized spacial score (nSPS) is 11.9. The molecule has 3 N–H and O–H groups in total. The third kappa shape index (κ3) is 3.70. The summed E-state index contributed by atoms with van der Waals surface area (Å²) in [6, 6.07) is 4.38. The van der Waals surface area contributed by atoms with Gasteiger partial charge in [0.25, 0.3) is 5.91 Å². The highest BCUT2D eigenvalue weighted by atomic mass is 32.1. The fourth-order valence-electron chi connectivity index (χ4n) is 2.66. The van der Waals surface area contributed by atoms with Crippen molar-refractivity contribution < 1.29 is 18.0 Å². The molecular formula is C17H12F3N5OS3. The van der Waals surface area contributed by atoms with Gasteiger partial charge in [0.2, 0.25) is 5.13 Å². The van der Waals surface area contributed by atoms with Crippen molar-refractivity contribution in [2.45, 2.75) is 19.5 Å². The van der Waals surface area contributed by atoms with Crippen molar-refractivity contribution in [3.05, 3.63) is 39.0 Å². The molecule has 0 spiro atoms. The molecule has 1 amide bonds. The molecule has 0 radical (unpaired) electrons. The molecule has 0 saturated heterocycles. The zero-order valence-electron chi connectivity index (χ0n) is 14.7. The number of aryl methyl sites for hydroxylation is 1. The Hall–Kier alpha value is -2.57. The van der Waals surface area contributed by atoms with Crippen molar-refractivity contribution in [1.29, 1.82) is 0 Å². The van der Waals surface area contributed by atoms with Gasteiger partial charge in [-0.2, -0.15) is 13.2 Å². The van der Waals surface area contributed by atoms with E-state index in [9.17, 15) is 18.0 Å². The Morgan fingerprint density at radius 2 is 2.07 bits per heavy atom. The lowest BCUT2D eigenvalue weighted by atomic mass is 10.1. The minimum absolute atomic E-state index is 0.0467. The van der Waals surface area contributed by atoms with Gasteiger partial charge in [-0.1, -0.05) is 24.3 Å². The third-order valence-electron chi connectivity index (χ3n) is 3.97. The molecule has 4 heterocycles. The predicted octanol–water partition coefficient (Wildman–Crippen LogP) is 5.29. The highest BCUT2D eigenvalue weighted by Gasteiger charge is 2.36. The fourth-order valence-corrected chi connectivity index (χ4v) is 5.04. The topological polar surface area (TPSA) is 93.8 Å². The van der Waals surface area contributed by atoms with Crippen LogP contribution in [0.1, 0.15) is 27.2 Å². The average molecular weight is 456 g/mol. The molecule has 150 valence electrons. The smallest absolute Gasteiger partial charge is 0.397 e. The molecule has 29 heavy (non-hydrogen) atoms. The number of amides is 1. The number of halogens is 3. The summed E-state index contributed by atoms with van der Waals surface area (Å²) in [7, 11) is 0. The molecule has 0 fully saturated rings. The molecule has 0 aliphatic rings. The van der Waals surface area contributed by atoms with Crippen LogP contribution in [0.3, 0.4) is 0 Å². The van der Waals surface area contributed by atoms with Crippen LogP contribution in [0, 0.1) is 0 Å². The van der Waals surface area contributed by atoms with E-state index >= 15 is 0 Å². The van der Waals surface area contributed by atoms with Crippen LogP contribution in [0.15, 0.2) is 23.6 Å². The lowest BCUT2D eigenvalue weighted by Gasteiger charge is -2.10. The van der Waals surface area contributed by atoms with Crippen LogP contribution in [0.25, 0.3) is 20.8 Å². The Morgan fingerprint density at radius 1 is 1.28 bits per heavy atom. The van der Waals surface area contributed by atoms with Gasteiger partial charge in [-0.25, -0.2) is 4.98 Å². The second kappa shape index (κ2) is 7.35. The fraction of sp³-hybridized carbons (Fsp3) is 0.176. The predicted molar refractivity (Wildman–Crippen MR) is 110 cm³/mol. The van der Waals surface area contributed by atoms with Crippen molar-refractivity contribution >= 4 is 61.0 Å². The number of anilines is 2. The van der Waals surface area contributed by atoms with E-state index in [0.717, 1.165) is 22.4 Å². The number of hydrogen-bond acceptors (Lipinski definition) is 8. The number of nitrogens with one attached hydrogen (secondary N) is 1. The molecule has 6 nitrogen and oxygen atoms in total. The first-order valence-corrected chi connectivity index (χ1v) is 10.8. The molecule has 4 rings (SSSR count). The van der Waals surface area contributed by atoms with Crippen LogP contribution < -0.4 is 11.1 Å². The number of alkyl halides is 3. The standard InChI is InChI=1S/C17H12F3N5OS3/c1-2-10-24-25-16(28-10)23-14(26)13-12(21)11-7(17(18,19)20)6-8(22-15(11)29-13)9-4-3-5-27-9/h3-6H,2,21H2,1H3,(H,23,25,26). The number of fused-ring (bicyclic) bond motifs is 1. The molecule has 0 unspecified atom stereocenters. The number of nitrogens with zero attached hydrogens (tertiary/aromatic N) is 3. The van der Waals surface area contributed by atoms with Crippen LogP contribution in [-0.2, 0) is 12.6 Å². The first-order chi connectivity index (χ1) is 13.8. The summed E-state index contributed by atoms with van der Waals surface area (Å²) in [4.78, 5) is 17.6. The average Bonchev–Trinajstić information content (AvgIpc) is 3.40. The van der Waals surface area contributed by atoms with Crippen molar-refractivity contribution in [2.75, 3.05) is 11.1 Å². The van der Waals surface area contributed by atoms with Crippen molar-refractivity contribution in [1.82, 2.24) is 15.2 Å². The Morgan fingerprint density at radius 3 is 2.69 bits per heavy atom. The third-order valence-corrected chi connectivity index (χ3v) is 6.95. The van der Waals surface area contributed by atoms with Crippen LogP contribution in [0.5, 0.6) is 0 Å². The van der Waals surface area contributed by atoms with Crippen molar-refractivity contribution in [3.8, 4) is 10.6 Å². The SMILES string of the molecule is CCc1nnc(NC(=O)c2sc3nc(-c4cccs4)cc(C(F)(F)F)c3c2N)s1. The number of thiophene rings is 2. The molecule has 4 aromatic heterocycles. The lowest BCUT2D eigenvalue weighted by Crippen LogP contribution is -2.12. The molecule has 0 bridgehead atoms. The molecule has 0 saturated carbocycles. The van der Waals surface area contributed by atoms with Gasteiger partial charge in [0.15, 0.2) is 0 Å². The Labute approximate surface area is 174 Å². The first-order valence-electron chi connectivity index (χ1n) is 8.25. The minimum atomic E-state index is -4.65. The van der Waals surface area contributed by atoms with Crippen LogP contribution >= 0.6 is 34.0 Å². The summed E-state index contributed by atoms with van der Waals surface area (Å²) in [5.74, 6) is -0.643. The number of nitrogen functional groups attached to an aromatic ring is 1. The molecular weight excluding hydrogens is 443 g/mol. The number of pyridine rings is 1. The quantitative estimate of drug-likeness (QED) is 0.436. The summed E-state index contributed by atoms with van der Waals surface area (Å²) in [6.07, 6.45) is -3.99. The van der Waals surface area contributed by atoms with Gasteiger partial charge in [-0.05, 0) is 23.9 Å². The second-order valence-electron chi connectivity index (χ2n) is 5.86. The first kappa shape index (κ1) is 19.7. The van der Waals surface area contributed by atoms with Gasteiger partial charge in [0.05, 0.1) is 21.8 Å². The molecule has 0 aliphatic heterocycles. The molecule has 0 atom stereocenters. The van der Waals surface area contributed by atoms with E-state index in [0.29, 0.717) is 11.3 Å². The maximum atomic E-state index is 13.7. The zero-order valence-corrected chi connectivity index (χ0v) is 17.2. The Kier molecular flexibility index (Phi) is 5.00. The van der Waals surface area contributed by atoms with Crippen LogP contribution in [0.4, 0.5) is 24.0 Å². The van der Waals surface area contributed by atoms with E-state index in [1.54, 1.807) is 17.5 Å². The minimum Gasteiger partial charge on any atom is -0.397 e. The van der Waals surface area contributed by atoms with Gasteiger partial charge in [0, 0.05) is 5.39 Å². The maximum absolute atomic E-state index is 13.7. The Bertz CT molecular complexity index is 1200. The van der Waals surface area contributed by atoms with Gasteiger partial charge in [-0.15, -0.1) is 32.9 Å². The van der Waals surface area contributed by atoms with Crippen molar-refractivity contribution in [2.24, 2.45) is 0 Å². The van der Waals surface area contributed by atoms with Crippen LogP contribution in [0.2, 0.25) is 0 Å². The summed E-state index contributed by atoms with van der Waals surface area (Å²) in [5, 5.41) is 12.8. The number of carbonyl (C=O) groups excluding carboxylic acids is 1. The van der Waals surface area contributed by atoms with Gasteiger partial charge >= 0.3 is 6.18 Å². The summed E-state index contributed by atoms with van der Waals surface area (Å²) in [5.41, 5.74) is 4.99. The van der Waals surface area contributed by atoms with Crippen molar-refractivity contribution in [3.63, 3.8) is 0 Å². The monoisotopic (exact) mass is 455 g/mol. The number of hydrogen-bond donors (Lipinski definition) is 2. The highest BCUT2D eigenvalue weighted by molar-refractivity contribution is 7.21. The van der Waals surface area contributed by atoms with E-state index in [1.807, 2.05) is 6.92 Å². The van der Waals surface area contributed by atoms with E-state index in [1.165, 1.54) is 22.7 Å².